The SMILES string of the molecule is CC1Cc2nc(N)nc(N3CCN(C)CC3)c2CO1. The lowest BCUT2D eigenvalue weighted by molar-refractivity contribution is 0.0396. The molecule has 104 valence electrons. The topological polar surface area (TPSA) is 67.5 Å². The molecule has 1 unspecified atom stereocenters. The van der Waals surface area contributed by atoms with Crippen molar-refractivity contribution in [2.45, 2.75) is 26.1 Å². The number of aromatic nitrogens is 2. The summed E-state index contributed by atoms with van der Waals surface area (Å²) in [4.78, 5) is 13.5. The number of piperazine rings is 1. The van der Waals surface area contributed by atoms with E-state index >= 15 is 0 Å². The molecule has 0 amide bonds. The van der Waals surface area contributed by atoms with Gasteiger partial charge >= 0.3 is 0 Å². The zero-order chi connectivity index (χ0) is 13.4. The Morgan fingerprint density at radius 3 is 2.68 bits per heavy atom. The second kappa shape index (κ2) is 4.94. The number of nitrogens with two attached hydrogens (primary N) is 1. The van der Waals surface area contributed by atoms with Crippen LogP contribution in [0.2, 0.25) is 0 Å². The molecule has 0 aliphatic carbocycles. The molecule has 1 aromatic rings. The largest absolute Gasteiger partial charge is 0.373 e. The van der Waals surface area contributed by atoms with Gasteiger partial charge in [-0.05, 0) is 14.0 Å². The first-order valence-corrected chi connectivity index (χ1v) is 6.84. The van der Waals surface area contributed by atoms with Gasteiger partial charge in [-0.25, -0.2) is 4.98 Å². The molecule has 2 N–H and O–H groups in total. The summed E-state index contributed by atoms with van der Waals surface area (Å²) in [6.07, 6.45) is 1.03. The lowest BCUT2D eigenvalue weighted by Crippen LogP contribution is -2.45. The molecule has 19 heavy (non-hydrogen) atoms. The van der Waals surface area contributed by atoms with Crippen molar-refractivity contribution in [1.29, 1.82) is 0 Å². The molecule has 0 radical (unpaired) electrons. The Labute approximate surface area is 113 Å². The van der Waals surface area contributed by atoms with Gasteiger partial charge in [-0.1, -0.05) is 0 Å². The minimum Gasteiger partial charge on any atom is -0.373 e. The summed E-state index contributed by atoms with van der Waals surface area (Å²) in [5.74, 6) is 1.35. The Morgan fingerprint density at radius 2 is 1.95 bits per heavy atom. The number of nitrogens with zero attached hydrogens (tertiary/aromatic N) is 4. The second-order valence-electron chi connectivity index (χ2n) is 5.45. The summed E-state index contributed by atoms with van der Waals surface area (Å²) in [6, 6.07) is 0. The maximum Gasteiger partial charge on any atom is 0.222 e. The molecule has 6 nitrogen and oxygen atoms in total. The van der Waals surface area contributed by atoms with E-state index in [0.717, 1.165) is 49.7 Å². The van der Waals surface area contributed by atoms with Crippen molar-refractivity contribution < 1.29 is 4.74 Å². The highest BCUT2D eigenvalue weighted by molar-refractivity contribution is 5.52. The van der Waals surface area contributed by atoms with Crippen LogP contribution in [-0.4, -0.2) is 54.2 Å². The van der Waals surface area contributed by atoms with Crippen LogP contribution in [0.15, 0.2) is 0 Å². The third-order valence-corrected chi connectivity index (χ3v) is 3.88. The minimum atomic E-state index is 0.210. The van der Waals surface area contributed by atoms with Crippen LogP contribution in [0.5, 0.6) is 0 Å². The van der Waals surface area contributed by atoms with Gasteiger partial charge in [-0.3, -0.25) is 0 Å². The maximum absolute atomic E-state index is 5.86. The predicted octanol–water partition coefficient (Wildman–Crippen LogP) is 0.272. The summed E-state index contributed by atoms with van der Waals surface area (Å²) in [7, 11) is 2.14. The number of hydrogen-bond acceptors (Lipinski definition) is 6. The average molecular weight is 263 g/mol. The lowest BCUT2D eigenvalue weighted by atomic mass is 10.1. The van der Waals surface area contributed by atoms with E-state index in [2.05, 4.69) is 33.7 Å². The Kier molecular flexibility index (Phi) is 3.28. The monoisotopic (exact) mass is 263 g/mol. The van der Waals surface area contributed by atoms with E-state index in [1.807, 2.05) is 0 Å². The van der Waals surface area contributed by atoms with Crippen molar-refractivity contribution in [3.05, 3.63) is 11.3 Å². The molecule has 0 saturated carbocycles. The highest BCUT2D eigenvalue weighted by Crippen LogP contribution is 2.28. The van der Waals surface area contributed by atoms with Crippen LogP contribution in [0.4, 0.5) is 11.8 Å². The standard InChI is InChI=1S/C13H21N5O/c1-9-7-11-10(8-19-9)12(16-13(14)15-11)18-5-3-17(2)4-6-18/h9H,3-8H2,1-2H3,(H2,14,15,16). The van der Waals surface area contributed by atoms with E-state index in [1.54, 1.807) is 0 Å². The van der Waals surface area contributed by atoms with Crippen molar-refractivity contribution in [3.8, 4) is 0 Å². The molecule has 6 heteroatoms. The first kappa shape index (κ1) is 12.6. The first-order valence-electron chi connectivity index (χ1n) is 6.84. The fraction of sp³-hybridized carbons (Fsp3) is 0.692. The van der Waals surface area contributed by atoms with E-state index < -0.39 is 0 Å². The molecule has 1 fully saturated rings. The second-order valence-corrected chi connectivity index (χ2v) is 5.45. The van der Waals surface area contributed by atoms with Crippen molar-refractivity contribution in [3.63, 3.8) is 0 Å². The Morgan fingerprint density at radius 1 is 1.21 bits per heavy atom. The third-order valence-electron chi connectivity index (χ3n) is 3.88. The molecule has 0 bridgehead atoms. The van der Waals surface area contributed by atoms with E-state index in [1.165, 1.54) is 0 Å². The van der Waals surface area contributed by atoms with Gasteiger partial charge in [-0.15, -0.1) is 0 Å². The number of nitrogen functional groups attached to an aromatic ring is 1. The Hall–Kier alpha value is -1.40. The van der Waals surface area contributed by atoms with E-state index in [9.17, 15) is 0 Å². The molecular weight excluding hydrogens is 242 g/mol. The fourth-order valence-corrected chi connectivity index (χ4v) is 2.69. The fourth-order valence-electron chi connectivity index (χ4n) is 2.69. The van der Waals surface area contributed by atoms with Gasteiger partial charge < -0.3 is 20.3 Å². The van der Waals surface area contributed by atoms with Crippen molar-refractivity contribution >= 4 is 11.8 Å². The van der Waals surface area contributed by atoms with Gasteiger partial charge in [-0.2, -0.15) is 4.98 Å². The molecule has 3 heterocycles. The summed E-state index contributed by atoms with van der Waals surface area (Å²) in [5, 5.41) is 0. The summed E-state index contributed by atoms with van der Waals surface area (Å²) in [5.41, 5.74) is 8.04. The molecule has 0 aromatic carbocycles. The Balaban J connectivity index is 1.92. The third kappa shape index (κ3) is 2.50. The maximum atomic E-state index is 5.86. The van der Waals surface area contributed by atoms with Crippen LogP contribution in [-0.2, 0) is 17.8 Å². The quantitative estimate of drug-likeness (QED) is 0.784. The van der Waals surface area contributed by atoms with Crippen LogP contribution in [0.1, 0.15) is 18.2 Å². The van der Waals surface area contributed by atoms with Crippen molar-refractivity contribution in [1.82, 2.24) is 14.9 Å². The minimum absolute atomic E-state index is 0.210. The lowest BCUT2D eigenvalue weighted by Gasteiger charge is -2.35. The molecule has 1 atom stereocenters. The van der Waals surface area contributed by atoms with Crippen molar-refractivity contribution in [2.75, 3.05) is 43.9 Å². The number of rotatable bonds is 1. The van der Waals surface area contributed by atoms with Gasteiger partial charge in [0.1, 0.15) is 5.82 Å². The van der Waals surface area contributed by atoms with Gasteiger partial charge in [0.05, 0.1) is 18.4 Å². The first-order chi connectivity index (χ1) is 9.13. The van der Waals surface area contributed by atoms with Crippen LogP contribution < -0.4 is 10.6 Å². The van der Waals surface area contributed by atoms with Crippen LogP contribution >= 0.6 is 0 Å². The number of ether oxygens (including phenoxy) is 1. The summed E-state index contributed by atoms with van der Waals surface area (Å²) >= 11 is 0. The van der Waals surface area contributed by atoms with Crippen molar-refractivity contribution in [2.24, 2.45) is 0 Å². The normalized spacial score (nSPS) is 24.3. The smallest absolute Gasteiger partial charge is 0.222 e. The van der Waals surface area contributed by atoms with E-state index in [0.29, 0.717) is 12.6 Å². The molecule has 1 saturated heterocycles. The van der Waals surface area contributed by atoms with Gasteiger partial charge in [0.2, 0.25) is 5.95 Å². The Bertz CT molecular complexity index is 470. The molecule has 1 aromatic heterocycles. The van der Waals surface area contributed by atoms with Gasteiger partial charge in [0.25, 0.3) is 0 Å². The van der Waals surface area contributed by atoms with E-state index in [4.69, 9.17) is 10.5 Å². The molecule has 2 aliphatic rings. The zero-order valence-corrected chi connectivity index (χ0v) is 11.6. The van der Waals surface area contributed by atoms with E-state index in [-0.39, 0.29) is 6.10 Å². The highest BCUT2D eigenvalue weighted by Gasteiger charge is 2.25. The van der Waals surface area contributed by atoms with Gasteiger partial charge in [0.15, 0.2) is 0 Å². The number of hydrogen-bond donors (Lipinski definition) is 1. The summed E-state index contributed by atoms with van der Waals surface area (Å²) < 4.78 is 5.74. The predicted molar refractivity (Wildman–Crippen MR) is 74.1 cm³/mol. The molecule has 3 rings (SSSR count). The average Bonchev–Trinajstić information content (AvgIpc) is 2.38. The molecule has 0 spiro atoms. The molecule has 2 aliphatic heterocycles. The molecular formula is C13H21N5O. The van der Waals surface area contributed by atoms with Crippen LogP contribution in [0.3, 0.4) is 0 Å². The number of likely N-dealkylation sites (N-methyl/N-ethyl adjacent to an activating group) is 1. The summed E-state index contributed by atoms with van der Waals surface area (Å²) in [6.45, 7) is 6.73. The zero-order valence-electron chi connectivity index (χ0n) is 11.6. The van der Waals surface area contributed by atoms with Crippen LogP contribution in [0.25, 0.3) is 0 Å². The highest BCUT2D eigenvalue weighted by atomic mass is 16.5. The van der Waals surface area contributed by atoms with Crippen LogP contribution in [0, 0.1) is 0 Å². The van der Waals surface area contributed by atoms with Gasteiger partial charge in [0, 0.05) is 38.2 Å². The number of fused-ring (bicyclic) bond motifs is 1. The number of anilines is 2.